The summed E-state index contributed by atoms with van der Waals surface area (Å²) in [6.45, 7) is 5.89. The minimum Gasteiger partial charge on any atom is -0.341 e. The van der Waals surface area contributed by atoms with Gasteiger partial charge >= 0.3 is 0 Å². The van der Waals surface area contributed by atoms with Gasteiger partial charge in [-0.2, -0.15) is 0 Å². The standard InChI is InChI=1S/C20H25N5O/c1-12(2)9-18(21-4)20-24-16-6-5-14(10-17(16)25-20)15-7-8-22-19(11-15)23-13(3)26/h5-8,10-12,18,21H,9H2,1-4H3,(H,24,25)(H,22,23,26). The lowest BCUT2D eigenvalue weighted by Crippen LogP contribution is -2.19. The molecule has 1 aromatic carbocycles. The number of anilines is 1. The van der Waals surface area contributed by atoms with Gasteiger partial charge in [0.1, 0.15) is 11.6 Å². The molecular weight excluding hydrogens is 326 g/mol. The van der Waals surface area contributed by atoms with Crippen LogP contribution in [0.5, 0.6) is 0 Å². The van der Waals surface area contributed by atoms with Crippen molar-refractivity contribution in [3.63, 3.8) is 0 Å². The molecule has 0 aliphatic carbocycles. The summed E-state index contributed by atoms with van der Waals surface area (Å²) in [4.78, 5) is 23.6. The highest BCUT2D eigenvalue weighted by Gasteiger charge is 2.15. The summed E-state index contributed by atoms with van der Waals surface area (Å²) < 4.78 is 0. The topological polar surface area (TPSA) is 82.7 Å². The van der Waals surface area contributed by atoms with Crippen LogP contribution in [0.25, 0.3) is 22.2 Å². The van der Waals surface area contributed by atoms with Crippen LogP contribution in [0.3, 0.4) is 0 Å². The number of aromatic nitrogens is 3. The van der Waals surface area contributed by atoms with Crippen LogP contribution in [0.15, 0.2) is 36.5 Å². The first-order chi connectivity index (χ1) is 12.5. The Morgan fingerprint density at radius 1 is 1.19 bits per heavy atom. The molecule has 0 saturated heterocycles. The number of imidazole rings is 1. The van der Waals surface area contributed by atoms with Crippen LogP contribution in [0, 0.1) is 5.92 Å². The summed E-state index contributed by atoms with van der Waals surface area (Å²) >= 11 is 0. The number of nitrogens with zero attached hydrogens (tertiary/aromatic N) is 2. The van der Waals surface area contributed by atoms with Gasteiger partial charge in [-0.1, -0.05) is 19.9 Å². The second-order valence-corrected chi connectivity index (χ2v) is 6.94. The van der Waals surface area contributed by atoms with Crippen molar-refractivity contribution in [1.29, 1.82) is 0 Å². The molecule has 6 nitrogen and oxygen atoms in total. The van der Waals surface area contributed by atoms with Gasteiger partial charge in [0.15, 0.2) is 0 Å². The first-order valence-electron chi connectivity index (χ1n) is 8.87. The highest BCUT2D eigenvalue weighted by molar-refractivity contribution is 5.89. The first kappa shape index (κ1) is 18.1. The van der Waals surface area contributed by atoms with Crippen molar-refractivity contribution in [2.75, 3.05) is 12.4 Å². The number of hydrogen-bond donors (Lipinski definition) is 3. The molecule has 0 spiro atoms. The molecule has 3 rings (SSSR count). The summed E-state index contributed by atoms with van der Waals surface area (Å²) in [7, 11) is 1.96. The number of pyridine rings is 1. The lowest BCUT2D eigenvalue weighted by molar-refractivity contribution is -0.114. The Balaban J connectivity index is 1.93. The molecule has 0 aliphatic heterocycles. The average molecular weight is 351 g/mol. The molecule has 2 heterocycles. The Hall–Kier alpha value is -2.73. The van der Waals surface area contributed by atoms with E-state index in [0.717, 1.165) is 34.4 Å². The molecule has 1 atom stereocenters. The van der Waals surface area contributed by atoms with Gasteiger partial charge in [0.2, 0.25) is 5.91 Å². The molecule has 1 amide bonds. The lowest BCUT2D eigenvalue weighted by Gasteiger charge is -2.15. The van der Waals surface area contributed by atoms with Crippen molar-refractivity contribution in [1.82, 2.24) is 20.3 Å². The molecule has 0 aliphatic rings. The molecular formula is C20H25N5O. The molecule has 136 valence electrons. The van der Waals surface area contributed by atoms with Crippen molar-refractivity contribution >= 4 is 22.8 Å². The van der Waals surface area contributed by atoms with E-state index >= 15 is 0 Å². The van der Waals surface area contributed by atoms with Gasteiger partial charge in [0, 0.05) is 13.1 Å². The monoisotopic (exact) mass is 351 g/mol. The zero-order chi connectivity index (χ0) is 18.7. The Bertz CT molecular complexity index is 915. The number of carbonyl (C=O) groups is 1. The number of nitrogens with one attached hydrogen (secondary N) is 3. The van der Waals surface area contributed by atoms with Gasteiger partial charge < -0.3 is 15.6 Å². The molecule has 3 N–H and O–H groups in total. The van der Waals surface area contributed by atoms with E-state index in [2.05, 4.69) is 40.5 Å². The third-order valence-corrected chi connectivity index (χ3v) is 4.28. The second kappa shape index (κ2) is 7.66. The normalized spacial score (nSPS) is 12.5. The fraction of sp³-hybridized carbons (Fsp3) is 0.350. The van der Waals surface area contributed by atoms with Gasteiger partial charge in [-0.3, -0.25) is 4.79 Å². The molecule has 3 aromatic rings. The maximum atomic E-state index is 11.2. The third kappa shape index (κ3) is 4.08. The highest BCUT2D eigenvalue weighted by Crippen LogP contribution is 2.27. The van der Waals surface area contributed by atoms with Gasteiger partial charge in [0.25, 0.3) is 0 Å². The van der Waals surface area contributed by atoms with Gasteiger partial charge in [-0.15, -0.1) is 0 Å². The van der Waals surface area contributed by atoms with Crippen LogP contribution in [-0.2, 0) is 4.79 Å². The van der Waals surface area contributed by atoms with Crippen LogP contribution in [-0.4, -0.2) is 27.9 Å². The van der Waals surface area contributed by atoms with Crippen molar-refractivity contribution < 1.29 is 4.79 Å². The summed E-state index contributed by atoms with van der Waals surface area (Å²) in [5, 5.41) is 6.06. The average Bonchev–Trinajstić information content (AvgIpc) is 3.02. The molecule has 0 fully saturated rings. The summed E-state index contributed by atoms with van der Waals surface area (Å²) in [6.07, 6.45) is 2.72. The van der Waals surface area contributed by atoms with E-state index in [1.807, 2.05) is 31.3 Å². The predicted octanol–water partition coefficient (Wildman–Crippen LogP) is 3.89. The number of fused-ring (bicyclic) bond motifs is 1. The quantitative estimate of drug-likeness (QED) is 0.629. The molecule has 2 aromatic heterocycles. The number of hydrogen-bond acceptors (Lipinski definition) is 4. The van der Waals surface area contributed by atoms with E-state index in [1.165, 1.54) is 6.92 Å². The SMILES string of the molecule is CNC(CC(C)C)c1nc2ccc(-c3ccnc(NC(C)=O)c3)cc2[nH]1. The number of carbonyl (C=O) groups excluding carboxylic acids is 1. The van der Waals surface area contributed by atoms with Crippen molar-refractivity contribution in [2.24, 2.45) is 5.92 Å². The van der Waals surface area contributed by atoms with E-state index in [4.69, 9.17) is 4.98 Å². The van der Waals surface area contributed by atoms with E-state index in [-0.39, 0.29) is 11.9 Å². The minimum atomic E-state index is -0.133. The van der Waals surface area contributed by atoms with Crippen LogP contribution in [0.1, 0.15) is 39.1 Å². The van der Waals surface area contributed by atoms with E-state index < -0.39 is 0 Å². The number of amides is 1. The summed E-state index contributed by atoms with van der Waals surface area (Å²) in [5.41, 5.74) is 3.99. The minimum absolute atomic E-state index is 0.133. The maximum absolute atomic E-state index is 11.2. The maximum Gasteiger partial charge on any atom is 0.222 e. The van der Waals surface area contributed by atoms with Gasteiger partial charge in [0.05, 0.1) is 17.1 Å². The largest absolute Gasteiger partial charge is 0.341 e. The third-order valence-electron chi connectivity index (χ3n) is 4.28. The number of benzene rings is 1. The van der Waals surface area contributed by atoms with Crippen molar-refractivity contribution in [3.05, 3.63) is 42.4 Å². The number of rotatable bonds is 6. The molecule has 1 unspecified atom stereocenters. The van der Waals surface area contributed by atoms with Crippen LogP contribution >= 0.6 is 0 Å². The molecule has 6 heteroatoms. The zero-order valence-corrected chi connectivity index (χ0v) is 15.6. The number of H-pyrrole nitrogens is 1. The molecule has 0 bridgehead atoms. The first-order valence-corrected chi connectivity index (χ1v) is 8.87. The fourth-order valence-electron chi connectivity index (χ4n) is 3.07. The van der Waals surface area contributed by atoms with Crippen molar-refractivity contribution in [3.8, 4) is 11.1 Å². The molecule has 0 radical (unpaired) electrons. The smallest absolute Gasteiger partial charge is 0.222 e. The van der Waals surface area contributed by atoms with Crippen LogP contribution in [0.4, 0.5) is 5.82 Å². The summed E-state index contributed by atoms with van der Waals surface area (Å²) in [5.74, 6) is 1.96. The molecule has 0 saturated carbocycles. The predicted molar refractivity (Wildman–Crippen MR) is 105 cm³/mol. The van der Waals surface area contributed by atoms with E-state index in [1.54, 1.807) is 6.20 Å². The van der Waals surface area contributed by atoms with Crippen LogP contribution in [0.2, 0.25) is 0 Å². The Kier molecular flexibility index (Phi) is 5.32. The van der Waals surface area contributed by atoms with Gasteiger partial charge in [-0.05, 0) is 54.8 Å². The fourth-order valence-corrected chi connectivity index (χ4v) is 3.07. The van der Waals surface area contributed by atoms with Gasteiger partial charge in [-0.25, -0.2) is 9.97 Å². The highest BCUT2D eigenvalue weighted by atomic mass is 16.1. The number of aromatic amines is 1. The molecule has 26 heavy (non-hydrogen) atoms. The van der Waals surface area contributed by atoms with E-state index in [0.29, 0.717) is 11.7 Å². The Morgan fingerprint density at radius 2 is 1.96 bits per heavy atom. The Morgan fingerprint density at radius 3 is 2.65 bits per heavy atom. The summed E-state index contributed by atoms with van der Waals surface area (Å²) in [6, 6.07) is 10.1. The van der Waals surface area contributed by atoms with Crippen molar-refractivity contribution in [2.45, 2.75) is 33.2 Å². The second-order valence-electron chi connectivity index (χ2n) is 6.94. The van der Waals surface area contributed by atoms with Crippen LogP contribution < -0.4 is 10.6 Å². The van der Waals surface area contributed by atoms with E-state index in [9.17, 15) is 4.79 Å². The lowest BCUT2D eigenvalue weighted by atomic mass is 10.0. The zero-order valence-electron chi connectivity index (χ0n) is 15.6. The Labute approximate surface area is 153 Å².